The monoisotopic (exact) mass is 341 g/mol. The average molecular weight is 341 g/mol. The standard InChI is InChI=1S/C19H27N5O/c1-13-11-20-16(14(2)19(13)25-5)12-24-10-6-7-17(24)15-8-9-18(22-21-15)23(3)4/h8-9,11,17H,6-7,10,12H2,1-5H3. The lowest BCUT2D eigenvalue weighted by atomic mass is 10.1. The Balaban J connectivity index is 1.80. The van der Waals surface area contributed by atoms with Crippen LogP contribution in [0.25, 0.3) is 0 Å². The lowest BCUT2D eigenvalue weighted by Gasteiger charge is -2.25. The molecule has 6 heteroatoms. The third kappa shape index (κ3) is 3.58. The molecule has 1 saturated heterocycles. The molecule has 25 heavy (non-hydrogen) atoms. The number of hydrogen-bond donors (Lipinski definition) is 0. The molecule has 0 N–H and O–H groups in total. The molecule has 3 heterocycles. The second-order valence-electron chi connectivity index (χ2n) is 6.89. The smallest absolute Gasteiger partial charge is 0.150 e. The molecule has 6 nitrogen and oxygen atoms in total. The van der Waals surface area contributed by atoms with Crippen molar-refractivity contribution in [2.45, 2.75) is 39.3 Å². The molecule has 1 fully saturated rings. The average Bonchev–Trinajstić information content (AvgIpc) is 3.06. The molecule has 0 aliphatic carbocycles. The summed E-state index contributed by atoms with van der Waals surface area (Å²) in [5.41, 5.74) is 4.32. The van der Waals surface area contributed by atoms with E-state index in [1.165, 1.54) is 6.42 Å². The highest BCUT2D eigenvalue weighted by molar-refractivity contribution is 5.41. The first-order valence-corrected chi connectivity index (χ1v) is 8.75. The zero-order valence-corrected chi connectivity index (χ0v) is 15.8. The van der Waals surface area contributed by atoms with Crippen molar-refractivity contribution in [2.75, 3.05) is 32.6 Å². The lowest BCUT2D eigenvalue weighted by Crippen LogP contribution is -2.25. The van der Waals surface area contributed by atoms with E-state index in [0.29, 0.717) is 6.04 Å². The zero-order valence-electron chi connectivity index (χ0n) is 15.8. The number of anilines is 1. The molecular formula is C19H27N5O. The highest BCUT2D eigenvalue weighted by atomic mass is 16.5. The summed E-state index contributed by atoms with van der Waals surface area (Å²) >= 11 is 0. The van der Waals surface area contributed by atoms with Crippen LogP contribution in [0.15, 0.2) is 18.3 Å². The molecule has 0 aromatic carbocycles. The van der Waals surface area contributed by atoms with Crippen LogP contribution < -0.4 is 9.64 Å². The molecule has 0 amide bonds. The first-order valence-electron chi connectivity index (χ1n) is 8.75. The van der Waals surface area contributed by atoms with Gasteiger partial charge in [-0.2, -0.15) is 5.10 Å². The molecule has 0 saturated carbocycles. The Kier molecular flexibility index (Phi) is 5.18. The van der Waals surface area contributed by atoms with Crippen molar-refractivity contribution in [3.05, 3.63) is 40.8 Å². The van der Waals surface area contributed by atoms with Gasteiger partial charge in [0.05, 0.1) is 24.5 Å². The van der Waals surface area contributed by atoms with Crippen molar-refractivity contribution in [2.24, 2.45) is 0 Å². The van der Waals surface area contributed by atoms with E-state index < -0.39 is 0 Å². The van der Waals surface area contributed by atoms with Crippen LogP contribution in [0, 0.1) is 13.8 Å². The third-order valence-electron chi connectivity index (χ3n) is 4.94. The van der Waals surface area contributed by atoms with Gasteiger partial charge in [0, 0.05) is 38.0 Å². The predicted octanol–water partition coefficient (Wildman–Crippen LogP) is 2.90. The minimum atomic E-state index is 0.303. The van der Waals surface area contributed by atoms with Crippen molar-refractivity contribution in [3.8, 4) is 5.75 Å². The van der Waals surface area contributed by atoms with Gasteiger partial charge < -0.3 is 9.64 Å². The minimum Gasteiger partial charge on any atom is -0.496 e. The SMILES string of the molecule is COc1c(C)cnc(CN2CCCC2c2ccc(N(C)C)nn2)c1C. The van der Waals surface area contributed by atoms with Gasteiger partial charge in [-0.3, -0.25) is 9.88 Å². The Hall–Kier alpha value is -2.21. The number of likely N-dealkylation sites (tertiary alicyclic amines) is 1. The van der Waals surface area contributed by atoms with Gasteiger partial charge in [-0.05, 0) is 45.4 Å². The fraction of sp³-hybridized carbons (Fsp3) is 0.526. The number of methoxy groups -OCH3 is 1. The number of rotatable bonds is 5. The number of aryl methyl sites for hydroxylation is 1. The Morgan fingerprint density at radius 3 is 2.68 bits per heavy atom. The largest absolute Gasteiger partial charge is 0.496 e. The summed E-state index contributed by atoms with van der Waals surface area (Å²) in [5.74, 6) is 1.82. The molecule has 1 unspecified atom stereocenters. The van der Waals surface area contributed by atoms with Crippen molar-refractivity contribution in [3.63, 3.8) is 0 Å². The van der Waals surface area contributed by atoms with E-state index >= 15 is 0 Å². The second-order valence-corrected chi connectivity index (χ2v) is 6.89. The van der Waals surface area contributed by atoms with Crippen molar-refractivity contribution >= 4 is 5.82 Å². The first-order chi connectivity index (χ1) is 12.0. The Labute approximate surface area is 149 Å². The fourth-order valence-electron chi connectivity index (χ4n) is 3.52. The van der Waals surface area contributed by atoms with Crippen LogP contribution in [-0.2, 0) is 6.54 Å². The number of aromatic nitrogens is 3. The molecule has 0 spiro atoms. The maximum atomic E-state index is 5.54. The Bertz CT molecular complexity index is 729. The van der Waals surface area contributed by atoms with Crippen molar-refractivity contribution in [1.29, 1.82) is 0 Å². The number of ether oxygens (including phenoxy) is 1. The van der Waals surface area contributed by atoms with Crippen LogP contribution in [0.1, 0.15) is 41.4 Å². The molecule has 134 valence electrons. The summed E-state index contributed by atoms with van der Waals surface area (Å²) in [6.07, 6.45) is 4.18. The van der Waals surface area contributed by atoms with E-state index in [4.69, 9.17) is 4.74 Å². The summed E-state index contributed by atoms with van der Waals surface area (Å²) in [5, 5.41) is 8.80. The number of nitrogens with zero attached hydrogens (tertiary/aromatic N) is 5. The van der Waals surface area contributed by atoms with Crippen LogP contribution in [-0.4, -0.2) is 47.8 Å². The maximum Gasteiger partial charge on any atom is 0.150 e. The fourth-order valence-corrected chi connectivity index (χ4v) is 3.52. The molecular weight excluding hydrogens is 314 g/mol. The van der Waals surface area contributed by atoms with E-state index in [9.17, 15) is 0 Å². The van der Waals surface area contributed by atoms with Crippen molar-refractivity contribution in [1.82, 2.24) is 20.1 Å². The van der Waals surface area contributed by atoms with Gasteiger partial charge in [0.1, 0.15) is 5.75 Å². The van der Waals surface area contributed by atoms with E-state index in [2.05, 4.69) is 33.1 Å². The van der Waals surface area contributed by atoms with Crippen molar-refractivity contribution < 1.29 is 4.74 Å². The van der Waals surface area contributed by atoms with Gasteiger partial charge in [-0.1, -0.05) is 0 Å². The molecule has 1 aliphatic rings. The van der Waals surface area contributed by atoms with E-state index in [1.807, 2.05) is 38.2 Å². The van der Waals surface area contributed by atoms with Crippen LogP contribution in [0.2, 0.25) is 0 Å². The molecule has 2 aromatic heterocycles. The van der Waals surface area contributed by atoms with Gasteiger partial charge >= 0.3 is 0 Å². The summed E-state index contributed by atoms with van der Waals surface area (Å²) in [6.45, 7) is 5.98. The van der Waals surface area contributed by atoms with Gasteiger partial charge in [0.2, 0.25) is 0 Å². The van der Waals surface area contributed by atoms with Gasteiger partial charge in [0.25, 0.3) is 0 Å². The minimum absolute atomic E-state index is 0.303. The van der Waals surface area contributed by atoms with E-state index in [1.54, 1.807) is 7.11 Å². The summed E-state index contributed by atoms with van der Waals surface area (Å²) < 4.78 is 5.54. The molecule has 1 aliphatic heterocycles. The first kappa shape index (κ1) is 17.6. The highest BCUT2D eigenvalue weighted by Crippen LogP contribution is 2.33. The molecule has 0 bridgehead atoms. The quantitative estimate of drug-likeness (QED) is 0.833. The lowest BCUT2D eigenvalue weighted by molar-refractivity contribution is 0.239. The number of hydrogen-bond acceptors (Lipinski definition) is 6. The summed E-state index contributed by atoms with van der Waals surface area (Å²) in [7, 11) is 5.68. The van der Waals surface area contributed by atoms with E-state index in [-0.39, 0.29) is 0 Å². The summed E-state index contributed by atoms with van der Waals surface area (Å²) in [6, 6.07) is 4.44. The van der Waals surface area contributed by atoms with Gasteiger partial charge in [-0.25, -0.2) is 0 Å². The summed E-state index contributed by atoms with van der Waals surface area (Å²) in [4.78, 5) is 9.07. The van der Waals surface area contributed by atoms with E-state index in [0.717, 1.165) is 53.6 Å². The number of pyridine rings is 1. The van der Waals surface area contributed by atoms with Gasteiger partial charge in [-0.15, -0.1) is 5.10 Å². The predicted molar refractivity (Wildman–Crippen MR) is 99.0 cm³/mol. The van der Waals surface area contributed by atoms with Crippen LogP contribution >= 0.6 is 0 Å². The molecule has 0 radical (unpaired) electrons. The molecule has 1 atom stereocenters. The van der Waals surface area contributed by atoms with Gasteiger partial charge in [0.15, 0.2) is 5.82 Å². The Morgan fingerprint density at radius 1 is 1.24 bits per heavy atom. The maximum absolute atomic E-state index is 5.54. The Morgan fingerprint density at radius 2 is 2.04 bits per heavy atom. The normalized spacial score (nSPS) is 17.7. The second kappa shape index (κ2) is 7.35. The topological polar surface area (TPSA) is 54.4 Å². The van der Waals surface area contributed by atoms with Crippen LogP contribution in [0.5, 0.6) is 5.75 Å². The molecule has 2 aromatic rings. The van der Waals surface area contributed by atoms with Crippen LogP contribution in [0.3, 0.4) is 0 Å². The van der Waals surface area contributed by atoms with Crippen LogP contribution in [0.4, 0.5) is 5.82 Å². The third-order valence-corrected chi connectivity index (χ3v) is 4.94. The molecule has 3 rings (SSSR count). The highest BCUT2D eigenvalue weighted by Gasteiger charge is 2.28. The zero-order chi connectivity index (χ0) is 18.0.